The number of anilines is 1. The van der Waals surface area contributed by atoms with E-state index in [1.54, 1.807) is 11.3 Å². The number of hydrogen-bond acceptors (Lipinski definition) is 2. The Labute approximate surface area is 116 Å². The number of nitrogens with zero attached hydrogens (tertiary/aromatic N) is 1. The minimum Gasteiger partial charge on any atom is -0.278 e. The summed E-state index contributed by atoms with van der Waals surface area (Å²) in [5, 5.41) is 0.817. The largest absolute Gasteiger partial charge is 0.332 e. The van der Waals surface area contributed by atoms with E-state index in [2.05, 4.69) is 53.1 Å². The molecule has 0 atom stereocenters. The molecule has 0 aliphatic carbocycles. The van der Waals surface area contributed by atoms with Crippen molar-refractivity contribution in [3.8, 4) is 21.7 Å². The lowest BCUT2D eigenvalue weighted by Gasteiger charge is -2.03. The van der Waals surface area contributed by atoms with E-state index in [-0.39, 0.29) is 0 Å². The molecule has 0 fully saturated rings. The van der Waals surface area contributed by atoms with Crippen LogP contribution in [0.15, 0.2) is 60.7 Å². The van der Waals surface area contributed by atoms with Crippen molar-refractivity contribution in [2.24, 2.45) is 7.05 Å². The Hall–Kier alpha value is -2.13. The highest BCUT2D eigenvalue weighted by atomic mass is 32.1. The second-order valence-corrected chi connectivity index (χ2v) is 5.44. The van der Waals surface area contributed by atoms with Crippen molar-refractivity contribution in [3.05, 3.63) is 60.7 Å². The van der Waals surface area contributed by atoms with Gasteiger partial charge in [0.1, 0.15) is 0 Å². The first-order valence-electron chi connectivity index (χ1n) is 6.16. The smallest absolute Gasteiger partial charge is 0.278 e. The number of nitrogens with two attached hydrogens (primary N) is 1. The van der Waals surface area contributed by atoms with Crippen LogP contribution in [0.3, 0.4) is 0 Å². The van der Waals surface area contributed by atoms with Gasteiger partial charge < -0.3 is 0 Å². The highest BCUT2D eigenvalue weighted by molar-refractivity contribution is 7.18. The summed E-state index contributed by atoms with van der Waals surface area (Å²) in [5.41, 5.74) is 9.67. The zero-order valence-electron chi connectivity index (χ0n) is 10.7. The molecule has 2 nitrogen and oxygen atoms in total. The van der Waals surface area contributed by atoms with Gasteiger partial charge in [-0.25, -0.2) is 4.57 Å². The lowest BCUT2D eigenvalue weighted by Crippen LogP contribution is -2.31. The second kappa shape index (κ2) is 4.86. The fourth-order valence-electron chi connectivity index (χ4n) is 2.19. The molecular weight excluding hydrogens is 252 g/mol. The van der Waals surface area contributed by atoms with Gasteiger partial charge in [0.05, 0.1) is 11.9 Å². The van der Waals surface area contributed by atoms with Gasteiger partial charge in [-0.2, -0.15) is 0 Å². The summed E-state index contributed by atoms with van der Waals surface area (Å²) in [6.07, 6.45) is 0. The number of benzene rings is 2. The van der Waals surface area contributed by atoms with Gasteiger partial charge in [0, 0.05) is 5.56 Å². The summed E-state index contributed by atoms with van der Waals surface area (Å²) in [6, 6.07) is 20.8. The summed E-state index contributed by atoms with van der Waals surface area (Å²) in [5.74, 6) is 0. The van der Waals surface area contributed by atoms with Crippen LogP contribution in [-0.2, 0) is 7.05 Å². The predicted octanol–water partition coefficient (Wildman–Crippen LogP) is 3.49. The number of rotatable bonds is 2. The van der Waals surface area contributed by atoms with Crippen LogP contribution in [0.4, 0.5) is 5.13 Å². The van der Waals surface area contributed by atoms with Crippen LogP contribution in [0, 0.1) is 0 Å². The molecule has 0 saturated carbocycles. The van der Waals surface area contributed by atoms with Crippen LogP contribution in [0.25, 0.3) is 21.7 Å². The molecule has 1 aromatic heterocycles. The Morgan fingerprint density at radius 3 is 1.95 bits per heavy atom. The summed E-state index contributed by atoms with van der Waals surface area (Å²) in [4.78, 5) is 1.21. The molecule has 19 heavy (non-hydrogen) atoms. The third-order valence-corrected chi connectivity index (χ3v) is 4.29. The molecule has 0 radical (unpaired) electrons. The molecule has 0 saturated heterocycles. The van der Waals surface area contributed by atoms with E-state index >= 15 is 0 Å². The predicted molar refractivity (Wildman–Crippen MR) is 80.8 cm³/mol. The molecule has 1 heterocycles. The summed E-state index contributed by atoms with van der Waals surface area (Å²) < 4.78 is 2.06. The quantitative estimate of drug-likeness (QED) is 0.708. The van der Waals surface area contributed by atoms with E-state index in [0.717, 1.165) is 5.13 Å². The lowest BCUT2D eigenvalue weighted by molar-refractivity contribution is -0.641. The minimum atomic E-state index is 0.817. The molecular formula is C16H15N2S+. The van der Waals surface area contributed by atoms with E-state index in [9.17, 15) is 0 Å². The van der Waals surface area contributed by atoms with Gasteiger partial charge in [0.15, 0.2) is 5.69 Å². The van der Waals surface area contributed by atoms with Crippen molar-refractivity contribution in [2.45, 2.75) is 0 Å². The fraction of sp³-hybridized carbons (Fsp3) is 0.0625. The molecule has 2 N–H and O–H groups in total. The van der Waals surface area contributed by atoms with Gasteiger partial charge in [0.25, 0.3) is 0 Å². The highest BCUT2D eigenvalue weighted by Gasteiger charge is 2.20. The van der Waals surface area contributed by atoms with Crippen LogP contribution in [-0.4, -0.2) is 0 Å². The molecule has 3 aromatic rings. The average Bonchev–Trinajstić information content (AvgIpc) is 2.77. The Kier molecular flexibility index (Phi) is 3.05. The van der Waals surface area contributed by atoms with Gasteiger partial charge >= 0.3 is 5.13 Å². The van der Waals surface area contributed by atoms with Crippen molar-refractivity contribution in [2.75, 3.05) is 5.73 Å². The van der Waals surface area contributed by atoms with Crippen LogP contribution in [0.1, 0.15) is 0 Å². The molecule has 0 aliphatic heterocycles. The van der Waals surface area contributed by atoms with Gasteiger partial charge in [-0.3, -0.25) is 5.73 Å². The maximum absolute atomic E-state index is 6.10. The Balaban J connectivity index is 2.25. The zero-order valence-corrected chi connectivity index (χ0v) is 11.5. The normalized spacial score (nSPS) is 10.6. The van der Waals surface area contributed by atoms with Gasteiger partial charge in [-0.15, -0.1) is 0 Å². The van der Waals surface area contributed by atoms with Crippen molar-refractivity contribution >= 4 is 16.5 Å². The van der Waals surface area contributed by atoms with E-state index in [1.807, 2.05) is 19.2 Å². The summed E-state index contributed by atoms with van der Waals surface area (Å²) in [7, 11) is 2.01. The molecule has 3 heteroatoms. The topological polar surface area (TPSA) is 29.9 Å². The molecule has 0 spiro atoms. The lowest BCUT2D eigenvalue weighted by atomic mass is 10.1. The molecule has 0 aliphatic rings. The van der Waals surface area contributed by atoms with Crippen molar-refractivity contribution < 1.29 is 4.57 Å². The van der Waals surface area contributed by atoms with E-state index in [0.29, 0.717) is 0 Å². The Bertz CT molecular complexity index is 688. The number of thiazole rings is 1. The van der Waals surface area contributed by atoms with Gasteiger partial charge in [-0.1, -0.05) is 60.7 Å². The Morgan fingerprint density at radius 1 is 0.842 bits per heavy atom. The number of hydrogen-bond donors (Lipinski definition) is 1. The second-order valence-electron chi connectivity index (χ2n) is 4.41. The van der Waals surface area contributed by atoms with Gasteiger partial charge in [-0.05, 0) is 16.9 Å². The van der Waals surface area contributed by atoms with Gasteiger partial charge in [0.2, 0.25) is 0 Å². The minimum absolute atomic E-state index is 0.817. The van der Waals surface area contributed by atoms with Crippen molar-refractivity contribution in [3.63, 3.8) is 0 Å². The number of aromatic nitrogens is 1. The maximum Gasteiger partial charge on any atom is 0.332 e. The highest BCUT2D eigenvalue weighted by Crippen LogP contribution is 2.35. The van der Waals surface area contributed by atoms with Crippen LogP contribution < -0.4 is 10.3 Å². The number of nitrogen functional groups attached to an aromatic ring is 1. The van der Waals surface area contributed by atoms with Crippen LogP contribution >= 0.6 is 11.3 Å². The monoisotopic (exact) mass is 267 g/mol. The zero-order chi connectivity index (χ0) is 13.2. The van der Waals surface area contributed by atoms with Crippen LogP contribution in [0.2, 0.25) is 0 Å². The average molecular weight is 267 g/mol. The molecule has 94 valence electrons. The first-order valence-corrected chi connectivity index (χ1v) is 6.98. The maximum atomic E-state index is 6.10. The summed E-state index contributed by atoms with van der Waals surface area (Å²) in [6.45, 7) is 0. The molecule has 0 unspecified atom stereocenters. The van der Waals surface area contributed by atoms with Crippen LogP contribution in [0.5, 0.6) is 0 Å². The third kappa shape index (κ3) is 2.13. The first-order chi connectivity index (χ1) is 9.27. The molecule has 3 rings (SSSR count). The van der Waals surface area contributed by atoms with E-state index in [4.69, 9.17) is 5.73 Å². The fourth-order valence-corrected chi connectivity index (χ4v) is 3.23. The standard InChI is InChI=1S/C16H14N2S/c1-18-14(12-8-4-2-5-9-12)15(19-16(18)17)13-10-6-3-7-11-13/h2-11,17H,1H3/p+1. The Morgan fingerprint density at radius 2 is 1.37 bits per heavy atom. The van der Waals surface area contributed by atoms with E-state index in [1.165, 1.54) is 21.7 Å². The summed E-state index contributed by atoms with van der Waals surface area (Å²) >= 11 is 1.63. The SMILES string of the molecule is C[n+]1c(N)sc(-c2ccccc2)c1-c1ccccc1. The third-order valence-electron chi connectivity index (χ3n) is 3.17. The van der Waals surface area contributed by atoms with E-state index < -0.39 is 0 Å². The molecule has 0 bridgehead atoms. The molecule has 2 aromatic carbocycles. The molecule has 0 amide bonds. The first kappa shape index (κ1) is 11.9. The van der Waals surface area contributed by atoms with Crippen molar-refractivity contribution in [1.29, 1.82) is 0 Å². The van der Waals surface area contributed by atoms with Crippen molar-refractivity contribution in [1.82, 2.24) is 0 Å².